The van der Waals surface area contributed by atoms with Crippen LogP contribution in [0.3, 0.4) is 0 Å². The van der Waals surface area contributed by atoms with Crippen molar-refractivity contribution in [1.29, 1.82) is 0 Å². The van der Waals surface area contributed by atoms with Gasteiger partial charge in [-0.25, -0.2) is 0 Å². The van der Waals surface area contributed by atoms with Gasteiger partial charge in [0.05, 0.1) is 17.3 Å². The number of nitrogens with zero attached hydrogens (tertiary/aromatic N) is 2. The molecule has 1 aromatic carbocycles. The normalized spacial score (nSPS) is 18.0. The van der Waals surface area contributed by atoms with Gasteiger partial charge < -0.3 is 4.90 Å². The third kappa shape index (κ3) is 3.31. The Labute approximate surface area is 127 Å². The van der Waals surface area contributed by atoms with Crippen LogP contribution in [0.15, 0.2) is 29.3 Å². The van der Waals surface area contributed by atoms with Crippen molar-refractivity contribution in [2.45, 2.75) is 38.4 Å². The van der Waals surface area contributed by atoms with Crippen LogP contribution >= 0.6 is 0 Å². The number of likely N-dealkylation sites (tertiary alicyclic amines) is 1. The van der Waals surface area contributed by atoms with Crippen LogP contribution < -0.4 is 0 Å². The van der Waals surface area contributed by atoms with Crippen LogP contribution in [-0.2, 0) is 11.0 Å². The smallest absolute Gasteiger partial charge is 0.334 e. The fourth-order valence-corrected chi connectivity index (χ4v) is 2.86. The summed E-state index contributed by atoms with van der Waals surface area (Å²) >= 11 is 0. The first-order valence-corrected chi connectivity index (χ1v) is 7.32. The van der Waals surface area contributed by atoms with Crippen molar-refractivity contribution in [3.05, 3.63) is 35.4 Å². The first-order chi connectivity index (χ1) is 10.4. The second-order valence-electron chi connectivity index (χ2n) is 5.30. The highest BCUT2D eigenvalue weighted by molar-refractivity contribution is 6.06. The van der Waals surface area contributed by atoms with Gasteiger partial charge >= 0.3 is 6.18 Å². The van der Waals surface area contributed by atoms with Gasteiger partial charge in [-0.2, -0.15) is 13.2 Å². The van der Waals surface area contributed by atoms with E-state index in [0.717, 1.165) is 18.6 Å². The molecule has 1 fully saturated rings. The van der Waals surface area contributed by atoms with Crippen LogP contribution in [-0.4, -0.2) is 36.2 Å². The zero-order chi connectivity index (χ0) is 16.3. The number of alkyl halides is 3. The number of aliphatic imine (C=N–C) groups is 1. The molecule has 1 heterocycles. The number of carbonyl (C=O) groups excluding carboxylic acids is 1. The largest absolute Gasteiger partial charge is 0.416 e. The van der Waals surface area contributed by atoms with E-state index in [4.69, 9.17) is 0 Å². The van der Waals surface area contributed by atoms with Gasteiger partial charge in [-0.15, -0.1) is 0 Å². The summed E-state index contributed by atoms with van der Waals surface area (Å²) in [4.78, 5) is 18.0. The van der Waals surface area contributed by atoms with Gasteiger partial charge in [-0.1, -0.05) is 19.1 Å². The first kappa shape index (κ1) is 16.5. The second-order valence-corrected chi connectivity index (χ2v) is 5.30. The molecule has 0 N–H and O–H groups in total. The zero-order valence-electron chi connectivity index (χ0n) is 12.7. The van der Waals surface area contributed by atoms with E-state index in [1.807, 2.05) is 6.92 Å². The SMILES string of the molecule is CCC(C(=NC)c1ccc(C(F)(F)F)cc1)N1CCCC1=O. The van der Waals surface area contributed by atoms with Gasteiger partial charge in [0.1, 0.15) is 0 Å². The van der Waals surface area contributed by atoms with Crippen LogP contribution in [0.5, 0.6) is 0 Å². The fraction of sp³-hybridized carbons (Fsp3) is 0.500. The quantitative estimate of drug-likeness (QED) is 0.783. The molecule has 22 heavy (non-hydrogen) atoms. The van der Waals surface area contributed by atoms with Crippen LogP contribution in [0, 0.1) is 0 Å². The number of rotatable bonds is 4. The molecule has 1 unspecified atom stereocenters. The lowest BCUT2D eigenvalue weighted by molar-refractivity contribution is -0.137. The number of carbonyl (C=O) groups is 1. The summed E-state index contributed by atoms with van der Waals surface area (Å²) in [7, 11) is 1.61. The minimum Gasteiger partial charge on any atom is -0.334 e. The van der Waals surface area contributed by atoms with Gasteiger partial charge in [0.15, 0.2) is 0 Å². The summed E-state index contributed by atoms with van der Waals surface area (Å²) in [5, 5.41) is 0. The number of hydrogen-bond donors (Lipinski definition) is 0. The predicted molar refractivity (Wildman–Crippen MR) is 78.9 cm³/mol. The maximum Gasteiger partial charge on any atom is 0.416 e. The minimum absolute atomic E-state index is 0.0833. The summed E-state index contributed by atoms with van der Waals surface area (Å²) < 4.78 is 37.9. The molecule has 0 radical (unpaired) electrons. The molecule has 1 aliphatic heterocycles. The van der Waals surface area contributed by atoms with Gasteiger partial charge in [0.2, 0.25) is 5.91 Å². The molecule has 3 nitrogen and oxygen atoms in total. The Morgan fingerprint density at radius 1 is 1.32 bits per heavy atom. The molecule has 0 aromatic heterocycles. The lowest BCUT2D eigenvalue weighted by Crippen LogP contribution is -2.42. The lowest BCUT2D eigenvalue weighted by atomic mass is 9.98. The molecule has 6 heteroatoms. The van der Waals surface area contributed by atoms with Crippen LogP contribution in [0.2, 0.25) is 0 Å². The zero-order valence-corrected chi connectivity index (χ0v) is 12.7. The topological polar surface area (TPSA) is 32.7 Å². The summed E-state index contributed by atoms with van der Waals surface area (Å²) in [6, 6.07) is 4.78. The Bertz CT molecular complexity index is 564. The Morgan fingerprint density at radius 2 is 1.95 bits per heavy atom. The van der Waals surface area contributed by atoms with Gasteiger partial charge in [-0.05, 0) is 30.5 Å². The van der Waals surface area contributed by atoms with E-state index in [2.05, 4.69) is 4.99 Å². The van der Waals surface area contributed by atoms with Gasteiger partial charge in [0.25, 0.3) is 0 Å². The van der Waals surface area contributed by atoms with Crippen molar-refractivity contribution < 1.29 is 18.0 Å². The van der Waals surface area contributed by atoms with E-state index >= 15 is 0 Å². The molecule has 1 atom stereocenters. The molecule has 0 saturated carbocycles. The van der Waals surface area contributed by atoms with Crippen molar-refractivity contribution in [1.82, 2.24) is 4.90 Å². The summed E-state index contributed by atoms with van der Waals surface area (Å²) in [5.41, 5.74) is 0.602. The van der Waals surface area contributed by atoms with E-state index in [0.29, 0.717) is 30.7 Å². The van der Waals surface area contributed by atoms with E-state index in [1.165, 1.54) is 12.1 Å². The summed E-state index contributed by atoms with van der Waals surface area (Å²) in [5.74, 6) is 0.0833. The maximum absolute atomic E-state index is 12.6. The summed E-state index contributed by atoms with van der Waals surface area (Å²) in [6.45, 7) is 2.63. The highest BCUT2D eigenvalue weighted by Crippen LogP contribution is 2.29. The number of halogens is 3. The molecule has 120 valence electrons. The van der Waals surface area contributed by atoms with Crippen LogP contribution in [0.25, 0.3) is 0 Å². The van der Waals surface area contributed by atoms with E-state index in [9.17, 15) is 18.0 Å². The Hall–Kier alpha value is -1.85. The van der Waals surface area contributed by atoms with E-state index < -0.39 is 11.7 Å². The molecular weight excluding hydrogens is 293 g/mol. The molecule has 1 aliphatic rings. The van der Waals surface area contributed by atoms with Gasteiger partial charge in [-0.3, -0.25) is 9.79 Å². The number of hydrogen-bond acceptors (Lipinski definition) is 2. The lowest BCUT2D eigenvalue weighted by Gasteiger charge is -2.28. The Kier molecular flexibility index (Phi) is 4.88. The Morgan fingerprint density at radius 3 is 2.36 bits per heavy atom. The van der Waals surface area contributed by atoms with E-state index in [-0.39, 0.29) is 11.9 Å². The molecule has 2 rings (SSSR count). The molecule has 0 spiro atoms. The van der Waals surface area contributed by atoms with E-state index in [1.54, 1.807) is 11.9 Å². The fourth-order valence-electron chi connectivity index (χ4n) is 2.86. The molecular formula is C16H19F3N2O. The van der Waals surface area contributed by atoms with Crippen molar-refractivity contribution in [2.24, 2.45) is 4.99 Å². The molecule has 1 amide bonds. The first-order valence-electron chi connectivity index (χ1n) is 7.32. The van der Waals surface area contributed by atoms with Crippen molar-refractivity contribution in [2.75, 3.05) is 13.6 Å². The van der Waals surface area contributed by atoms with Crippen LogP contribution in [0.4, 0.5) is 13.2 Å². The van der Waals surface area contributed by atoms with Crippen LogP contribution in [0.1, 0.15) is 37.3 Å². The van der Waals surface area contributed by atoms with Crippen molar-refractivity contribution >= 4 is 11.6 Å². The minimum atomic E-state index is -4.35. The predicted octanol–water partition coefficient (Wildman–Crippen LogP) is 3.53. The average Bonchev–Trinajstić information content (AvgIpc) is 2.90. The monoisotopic (exact) mass is 312 g/mol. The molecule has 1 aromatic rings. The second kappa shape index (κ2) is 6.50. The number of benzene rings is 1. The highest BCUT2D eigenvalue weighted by Gasteiger charge is 2.32. The molecule has 1 saturated heterocycles. The molecule has 0 aliphatic carbocycles. The number of amides is 1. The average molecular weight is 312 g/mol. The summed E-state index contributed by atoms with van der Waals surface area (Å²) in [6.07, 6.45) is -2.32. The van der Waals surface area contributed by atoms with Crippen molar-refractivity contribution in [3.63, 3.8) is 0 Å². The third-order valence-corrected chi connectivity index (χ3v) is 3.94. The maximum atomic E-state index is 12.6. The highest BCUT2D eigenvalue weighted by atomic mass is 19.4. The third-order valence-electron chi connectivity index (χ3n) is 3.94. The standard InChI is InChI=1S/C16H19F3N2O/c1-3-13(21-10-4-5-14(21)22)15(20-2)11-6-8-12(9-7-11)16(17,18)19/h6-9,13H,3-5,10H2,1-2H3. The Balaban J connectivity index is 2.29. The molecule has 0 bridgehead atoms. The van der Waals surface area contributed by atoms with Crippen molar-refractivity contribution in [3.8, 4) is 0 Å². The van der Waals surface area contributed by atoms with Gasteiger partial charge in [0, 0.05) is 20.0 Å².